The highest BCUT2D eigenvalue weighted by molar-refractivity contribution is 5.30. The molecular weight excluding hydrogens is 216 g/mol. The van der Waals surface area contributed by atoms with Crippen LogP contribution in [-0.4, -0.2) is 0 Å². The van der Waals surface area contributed by atoms with E-state index in [1.54, 1.807) is 0 Å². The second-order valence-corrected chi connectivity index (χ2v) is 5.58. The topological polar surface area (TPSA) is 0 Å². The van der Waals surface area contributed by atoms with Gasteiger partial charge in [0.25, 0.3) is 0 Å². The van der Waals surface area contributed by atoms with Crippen molar-refractivity contribution in [3.63, 3.8) is 0 Å². The smallest absolute Gasteiger partial charge is 0.00258 e. The van der Waals surface area contributed by atoms with Crippen LogP contribution in [0.4, 0.5) is 0 Å². The third-order valence-electron chi connectivity index (χ3n) is 3.20. The van der Waals surface area contributed by atoms with Crippen LogP contribution in [-0.2, 0) is 12.8 Å². The fourth-order valence-electron chi connectivity index (χ4n) is 2.21. The molecule has 0 heteroatoms. The lowest BCUT2D eigenvalue weighted by atomic mass is 9.99. The summed E-state index contributed by atoms with van der Waals surface area (Å²) in [4.78, 5) is 0. The Morgan fingerprint density at radius 1 is 0.722 bits per heavy atom. The zero-order valence-corrected chi connectivity index (χ0v) is 11.6. The third kappa shape index (κ3) is 3.73. The van der Waals surface area contributed by atoms with Gasteiger partial charge in [-0.15, -0.1) is 0 Å². The molecule has 0 amide bonds. The predicted molar refractivity (Wildman–Crippen MR) is 79.0 cm³/mol. The number of benzene rings is 2. The van der Waals surface area contributed by atoms with Crippen molar-refractivity contribution in [2.75, 3.05) is 0 Å². The SMILES string of the molecule is Cc1ccc(Cc2ccc(CC(C)C)cc2)cc1. The lowest BCUT2D eigenvalue weighted by molar-refractivity contribution is 0.647. The first kappa shape index (κ1) is 12.9. The van der Waals surface area contributed by atoms with E-state index < -0.39 is 0 Å². The highest BCUT2D eigenvalue weighted by Gasteiger charge is 1.99. The Labute approximate surface area is 111 Å². The zero-order valence-electron chi connectivity index (χ0n) is 11.6. The van der Waals surface area contributed by atoms with Crippen LogP contribution in [0, 0.1) is 12.8 Å². The van der Waals surface area contributed by atoms with E-state index in [2.05, 4.69) is 69.3 Å². The molecule has 0 atom stereocenters. The summed E-state index contributed by atoms with van der Waals surface area (Å²) in [6, 6.07) is 17.9. The molecule has 0 unspecified atom stereocenters. The minimum Gasteiger partial charge on any atom is -0.0625 e. The molecule has 0 N–H and O–H groups in total. The van der Waals surface area contributed by atoms with Crippen molar-refractivity contribution >= 4 is 0 Å². The molecule has 0 radical (unpaired) electrons. The maximum absolute atomic E-state index is 2.27. The Morgan fingerprint density at radius 3 is 1.67 bits per heavy atom. The maximum atomic E-state index is 2.27. The first-order valence-corrected chi connectivity index (χ1v) is 6.77. The molecule has 94 valence electrons. The molecular formula is C18H22. The normalized spacial score (nSPS) is 10.9. The van der Waals surface area contributed by atoms with Gasteiger partial charge in [0.1, 0.15) is 0 Å². The van der Waals surface area contributed by atoms with Crippen LogP contribution in [0.3, 0.4) is 0 Å². The molecule has 0 heterocycles. The van der Waals surface area contributed by atoms with Crippen molar-refractivity contribution in [1.82, 2.24) is 0 Å². The monoisotopic (exact) mass is 238 g/mol. The molecule has 0 bridgehead atoms. The Hall–Kier alpha value is -1.56. The molecule has 0 aliphatic heterocycles. The fourth-order valence-corrected chi connectivity index (χ4v) is 2.21. The third-order valence-corrected chi connectivity index (χ3v) is 3.20. The standard InChI is InChI=1S/C18H22/c1-14(2)12-16-8-10-18(11-9-16)13-17-6-4-15(3)5-7-17/h4-11,14H,12-13H2,1-3H3. The fraction of sp³-hybridized carbons (Fsp3) is 0.333. The van der Waals surface area contributed by atoms with E-state index in [4.69, 9.17) is 0 Å². The summed E-state index contributed by atoms with van der Waals surface area (Å²) in [7, 11) is 0. The molecule has 2 rings (SSSR count). The molecule has 2 aromatic rings. The molecule has 0 aliphatic rings. The van der Waals surface area contributed by atoms with Gasteiger partial charge in [0, 0.05) is 0 Å². The van der Waals surface area contributed by atoms with E-state index in [9.17, 15) is 0 Å². The highest BCUT2D eigenvalue weighted by Crippen LogP contribution is 2.13. The number of hydrogen-bond acceptors (Lipinski definition) is 0. The van der Waals surface area contributed by atoms with Gasteiger partial charge in [0.15, 0.2) is 0 Å². The van der Waals surface area contributed by atoms with Gasteiger partial charge < -0.3 is 0 Å². The van der Waals surface area contributed by atoms with Crippen molar-refractivity contribution in [3.8, 4) is 0 Å². The molecule has 0 aliphatic carbocycles. The minimum absolute atomic E-state index is 0.730. The Morgan fingerprint density at radius 2 is 1.17 bits per heavy atom. The first-order chi connectivity index (χ1) is 8.63. The van der Waals surface area contributed by atoms with E-state index >= 15 is 0 Å². The van der Waals surface area contributed by atoms with Gasteiger partial charge in [-0.2, -0.15) is 0 Å². The van der Waals surface area contributed by atoms with E-state index in [0.717, 1.165) is 12.3 Å². The van der Waals surface area contributed by atoms with Crippen LogP contribution in [0.15, 0.2) is 48.5 Å². The van der Waals surface area contributed by atoms with Crippen molar-refractivity contribution in [3.05, 3.63) is 70.8 Å². The van der Waals surface area contributed by atoms with E-state index in [0.29, 0.717) is 0 Å². The molecule has 0 fully saturated rings. The first-order valence-electron chi connectivity index (χ1n) is 6.77. The van der Waals surface area contributed by atoms with Gasteiger partial charge in [0.2, 0.25) is 0 Å². The van der Waals surface area contributed by atoms with Crippen molar-refractivity contribution < 1.29 is 0 Å². The van der Waals surface area contributed by atoms with Crippen LogP contribution in [0.1, 0.15) is 36.1 Å². The van der Waals surface area contributed by atoms with E-state index in [1.165, 1.54) is 28.7 Å². The Balaban J connectivity index is 2.04. The van der Waals surface area contributed by atoms with Gasteiger partial charge >= 0.3 is 0 Å². The number of rotatable bonds is 4. The average Bonchev–Trinajstić information content (AvgIpc) is 2.34. The van der Waals surface area contributed by atoms with Crippen molar-refractivity contribution in [2.45, 2.75) is 33.6 Å². The second-order valence-electron chi connectivity index (χ2n) is 5.58. The predicted octanol–water partition coefficient (Wildman–Crippen LogP) is 4.78. The van der Waals surface area contributed by atoms with Gasteiger partial charge in [0.05, 0.1) is 0 Å². The quantitative estimate of drug-likeness (QED) is 0.718. The molecule has 0 nitrogen and oxygen atoms in total. The summed E-state index contributed by atoms with van der Waals surface area (Å²) < 4.78 is 0. The number of aryl methyl sites for hydroxylation is 1. The molecule has 18 heavy (non-hydrogen) atoms. The van der Waals surface area contributed by atoms with Crippen LogP contribution < -0.4 is 0 Å². The van der Waals surface area contributed by atoms with Gasteiger partial charge in [-0.05, 0) is 42.4 Å². The molecule has 2 aromatic carbocycles. The van der Waals surface area contributed by atoms with Crippen LogP contribution in [0.5, 0.6) is 0 Å². The summed E-state index contributed by atoms with van der Waals surface area (Å²) in [5.74, 6) is 0.730. The summed E-state index contributed by atoms with van der Waals surface area (Å²) >= 11 is 0. The van der Waals surface area contributed by atoms with E-state index in [-0.39, 0.29) is 0 Å². The van der Waals surface area contributed by atoms with Crippen LogP contribution in [0.2, 0.25) is 0 Å². The lowest BCUT2D eigenvalue weighted by Crippen LogP contribution is -1.94. The molecule has 0 saturated heterocycles. The van der Waals surface area contributed by atoms with Crippen LogP contribution in [0.25, 0.3) is 0 Å². The molecule has 0 aromatic heterocycles. The average molecular weight is 238 g/mol. The zero-order chi connectivity index (χ0) is 13.0. The lowest BCUT2D eigenvalue weighted by Gasteiger charge is -2.07. The van der Waals surface area contributed by atoms with Crippen molar-refractivity contribution in [1.29, 1.82) is 0 Å². The second kappa shape index (κ2) is 5.86. The highest BCUT2D eigenvalue weighted by atomic mass is 14.0. The summed E-state index contributed by atoms with van der Waals surface area (Å²) in [6.45, 7) is 6.66. The number of hydrogen-bond donors (Lipinski definition) is 0. The largest absolute Gasteiger partial charge is 0.0625 e. The molecule has 0 saturated carbocycles. The van der Waals surface area contributed by atoms with Crippen LogP contribution >= 0.6 is 0 Å². The summed E-state index contributed by atoms with van der Waals surface area (Å²) in [5.41, 5.74) is 5.55. The van der Waals surface area contributed by atoms with E-state index in [1.807, 2.05) is 0 Å². The summed E-state index contributed by atoms with van der Waals surface area (Å²) in [6.07, 6.45) is 2.20. The molecule has 0 spiro atoms. The minimum atomic E-state index is 0.730. The van der Waals surface area contributed by atoms with Gasteiger partial charge in [-0.25, -0.2) is 0 Å². The Bertz CT molecular complexity index is 474. The Kier molecular flexibility index (Phi) is 4.19. The summed E-state index contributed by atoms with van der Waals surface area (Å²) in [5, 5.41) is 0. The van der Waals surface area contributed by atoms with Gasteiger partial charge in [-0.1, -0.05) is 67.9 Å². The van der Waals surface area contributed by atoms with Gasteiger partial charge in [-0.3, -0.25) is 0 Å². The maximum Gasteiger partial charge on any atom is -0.00258 e. The van der Waals surface area contributed by atoms with Crippen molar-refractivity contribution in [2.24, 2.45) is 5.92 Å².